The van der Waals surface area contributed by atoms with Crippen LogP contribution < -0.4 is 16.6 Å². The van der Waals surface area contributed by atoms with Crippen LogP contribution in [0, 0.1) is 5.41 Å². The Labute approximate surface area is 190 Å². The predicted molar refractivity (Wildman–Crippen MR) is 129 cm³/mol. The van der Waals surface area contributed by atoms with Gasteiger partial charge in [0.1, 0.15) is 0 Å². The molecular formula is C24H24N6O3. The van der Waals surface area contributed by atoms with Crippen molar-refractivity contribution in [1.29, 1.82) is 5.41 Å². The van der Waals surface area contributed by atoms with Crippen LogP contribution in [0.25, 0.3) is 0 Å². The second-order valence-electron chi connectivity index (χ2n) is 6.59. The van der Waals surface area contributed by atoms with Gasteiger partial charge in [0.15, 0.2) is 0 Å². The van der Waals surface area contributed by atoms with E-state index in [1.165, 1.54) is 18.3 Å². The maximum absolute atomic E-state index is 12.8. The van der Waals surface area contributed by atoms with E-state index < -0.39 is 18.1 Å². The number of benzene rings is 2. The number of carbonyl (C=O) groups excluding carboxylic acids is 1. The summed E-state index contributed by atoms with van der Waals surface area (Å²) in [5, 5.41) is 10.8. The molecule has 0 aliphatic carbocycles. The molecule has 1 aliphatic heterocycles. The molecule has 168 valence electrons. The molecule has 2 heterocycles. The normalized spacial score (nSPS) is 15.1. The molecule has 2 aromatic carbocycles. The number of nitrogens with two attached hydrogens (primary N) is 1. The number of anilines is 1. The summed E-state index contributed by atoms with van der Waals surface area (Å²) in [6.07, 6.45) is 0.101. The monoisotopic (exact) mass is 444 g/mol. The fourth-order valence-electron chi connectivity index (χ4n) is 3.02. The summed E-state index contributed by atoms with van der Waals surface area (Å²) in [5.74, 6) is -0.817. The SMILES string of the molecule is CC.N=C(O/C(N)=N/C1N=C(c2ccccc2)c2ccccc2NC1=O)c1ccc(=O)[nH]c1. The van der Waals surface area contributed by atoms with Gasteiger partial charge in [0, 0.05) is 23.4 Å². The molecule has 1 unspecified atom stereocenters. The van der Waals surface area contributed by atoms with Gasteiger partial charge in [-0.25, -0.2) is 4.99 Å². The zero-order valence-corrected chi connectivity index (χ0v) is 18.2. The number of amides is 1. The zero-order valence-electron chi connectivity index (χ0n) is 18.2. The number of hydrogen-bond acceptors (Lipinski definition) is 6. The maximum Gasteiger partial charge on any atom is 0.291 e. The number of hydrogen-bond donors (Lipinski definition) is 4. The summed E-state index contributed by atoms with van der Waals surface area (Å²) in [7, 11) is 0. The van der Waals surface area contributed by atoms with Crippen molar-refractivity contribution in [2.45, 2.75) is 20.0 Å². The number of pyridine rings is 1. The lowest BCUT2D eigenvalue weighted by Crippen LogP contribution is -2.29. The van der Waals surface area contributed by atoms with E-state index in [2.05, 4.69) is 20.3 Å². The first-order valence-electron chi connectivity index (χ1n) is 10.3. The molecule has 0 saturated carbocycles. The largest absolute Gasteiger partial charge is 0.407 e. The molecule has 0 spiro atoms. The topological polar surface area (TPSA) is 146 Å². The number of aromatic nitrogens is 1. The molecule has 9 nitrogen and oxygen atoms in total. The number of ether oxygens (including phenoxy) is 1. The van der Waals surface area contributed by atoms with Gasteiger partial charge in [-0.3, -0.25) is 15.0 Å². The number of aromatic amines is 1. The third-order valence-corrected chi connectivity index (χ3v) is 4.48. The number of fused-ring (bicyclic) bond motifs is 1. The van der Waals surface area contributed by atoms with Gasteiger partial charge >= 0.3 is 0 Å². The van der Waals surface area contributed by atoms with Crippen molar-refractivity contribution in [2.75, 3.05) is 5.32 Å². The number of aliphatic imine (C=N–C) groups is 2. The molecular weight excluding hydrogens is 420 g/mol. The molecule has 1 amide bonds. The lowest BCUT2D eigenvalue weighted by molar-refractivity contribution is -0.117. The Kier molecular flexibility index (Phi) is 7.48. The van der Waals surface area contributed by atoms with Crippen molar-refractivity contribution in [2.24, 2.45) is 15.7 Å². The van der Waals surface area contributed by atoms with Crippen LogP contribution in [0.4, 0.5) is 5.69 Å². The molecule has 4 rings (SSSR count). The third kappa shape index (κ3) is 5.59. The highest BCUT2D eigenvalue weighted by Crippen LogP contribution is 2.24. The summed E-state index contributed by atoms with van der Waals surface area (Å²) in [6, 6.07) is 19.0. The van der Waals surface area contributed by atoms with Crippen molar-refractivity contribution in [1.82, 2.24) is 4.98 Å². The van der Waals surface area contributed by atoms with Crippen LogP contribution in [0.2, 0.25) is 0 Å². The van der Waals surface area contributed by atoms with E-state index in [0.29, 0.717) is 17.0 Å². The van der Waals surface area contributed by atoms with Gasteiger partial charge in [-0.05, 0) is 12.1 Å². The van der Waals surface area contributed by atoms with Crippen molar-refractivity contribution in [3.63, 3.8) is 0 Å². The van der Waals surface area contributed by atoms with Crippen molar-refractivity contribution >= 4 is 29.2 Å². The average Bonchev–Trinajstić information content (AvgIpc) is 2.97. The summed E-state index contributed by atoms with van der Waals surface area (Å²) >= 11 is 0. The molecule has 0 bridgehead atoms. The fraction of sp³-hybridized carbons (Fsp3) is 0.125. The second-order valence-corrected chi connectivity index (χ2v) is 6.59. The van der Waals surface area contributed by atoms with Crippen LogP contribution in [0.15, 0.2) is 87.7 Å². The molecule has 9 heteroatoms. The van der Waals surface area contributed by atoms with E-state index in [0.717, 1.165) is 11.1 Å². The highest BCUT2D eigenvalue weighted by atomic mass is 16.5. The van der Waals surface area contributed by atoms with Gasteiger partial charge in [-0.1, -0.05) is 62.4 Å². The Balaban J connectivity index is 0.00000149. The lowest BCUT2D eigenvalue weighted by atomic mass is 10.0. The Morgan fingerprint density at radius 1 is 1.03 bits per heavy atom. The van der Waals surface area contributed by atoms with E-state index >= 15 is 0 Å². The number of benzodiazepines with no additional fused rings is 1. The molecule has 0 fully saturated rings. The van der Waals surface area contributed by atoms with Gasteiger partial charge in [0.25, 0.3) is 11.9 Å². The summed E-state index contributed by atoms with van der Waals surface area (Å²) in [4.78, 5) is 35.0. The van der Waals surface area contributed by atoms with E-state index in [4.69, 9.17) is 15.9 Å². The number of para-hydroxylation sites is 1. The molecule has 5 N–H and O–H groups in total. The van der Waals surface area contributed by atoms with Gasteiger partial charge in [-0.2, -0.15) is 4.99 Å². The van der Waals surface area contributed by atoms with Gasteiger partial charge in [0.05, 0.1) is 17.0 Å². The predicted octanol–water partition coefficient (Wildman–Crippen LogP) is 2.87. The molecule has 0 radical (unpaired) electrons. The Morgan fingerprint density at radius 2 is 1.73 bits per heavy atom. The Hall–Kier alpha value is -4.53. The van der Waals surface area contributed by atoms with Crippen molar-refractivity contribution in [3.8, 4) is 0 Å². The minimum Gasteiger partial charge on any atom is -0.407 e. The molecule has 1 atom stereocenters. The first kappa shape index (κ1) is 23.1. The first-order chi connectivity index (χ1) is 16.0. The smallest absolute Gasteiger partial charge is 0.291 e. The Morgan fingerprint density at radius 3 is 2.42 bits per heavy atom. The van der Waals surface area contributed by atoms with Crippen molar-refractivity contribution in [3.05, 3.63) is 100.0 Å². The van der Waals surface area contributed by atoms with Crippen molar-refractivity contribution < 1.29 is 9.53 Å². The molecule has 3 aromatic rings. The van der Waals surface area contributed by atoms with Crippen LogP contribution in [0.1, 0.15) is 30.5 Å². The quantitative estimate of drug-likeness (QED) is 0.363. The third-order valence-electron chi connectivity index (χ3n) is 4.48. The van der Waals surface area contributed by atoms with E-state index in [-0.39, 0.29) is 11.5 Å². The van der Waals surface area contributed by atoms with Gasteiger partial charge < -0.3 is 20.8 Å². The van der Waals surface area contributed by atoms with E-state index in [9.17, 15) is 9.59 Å². The number of amidine groups is 1. The highest BCUT2D eigenvalue weighted by Gasteiger charge is 2.26. The van der Waals surface area contributed by atoms with Crippen LogP contribution in [-0.2, 0) is 9.53 Å². The minimum atomic E-state index is -1.22. The van der Waals surface area contributed by atoms with Crippen LogP contribution in [-0.4, -0.2) is 34.7 Å². The number of H-pyrrole nitrogens is 1. The van der Waals surface area contributed by atoms with Gasteiger partial charge in [-0.15, -0.1) is 0 Å². The number of carbonyl (C=O) groups is 1. The second kappa shape index (κ2) is 10.7. The van der Waals surface area contributed by atoms with Gasteiger partial charge in [0.2, 0.25) is 17.6 Å². The van der Waals surface area contributed by atoms with Crippen LogP contribution >= 0.6 is 0 Å². The highest BCUT2D eigenvalue weighted by molar-refractivity contribution is 6.19. The van der Waals surface area contributed by atoms with Crippen LogP contribution in [0.3, 0.4) is 0 Å². The number of nitrogens with zero attached hydrogens (tertiary/aromatic N) is 2. The molecule has 1 aliphatic rings. The lowest BCUT2D eigenvalue weighted by Gasteiger charge is -2.09. The average molecular weight is 444 g/mol. The standard InChI is InChI=1S/C22H18N6O3.C2H6/c23-19(14-10-11-17(29)25-12-14)31-22(24)28-20-21(30)26-16-9-5-4-8-15(16)18(27-20)13-6-2-1-3-7-13;1-2/h1-12,20,23H,(H2,24,28)(H,25,29)(H,26,30);1-2H3. The first-order valence-corrected chi connectivity index (χ1v) is 10.3. The summed E-state index contributed by atoms with van der Waals surface area (Å²) < 4.78 is 5.23. The van der Waals surface area contributed by atoms with Crippen LogP contribution in [0.5, 0.6) is 0 Å². The number of nitrogens with one attached hydrogen (secondary N) is 3. The molecule has 33 heavy (non-hydrogen) atoms. The van der Waals surface area contributed by atoms with E-state index in [1.807, 2.05) is 62.4 Å². The Bertz CT molecular complexity index is 1240. The zero-order chi connectivity index (χ0) is 23.8. The summed E-state index contributed by atoms with van der Waals surface area (Å²) in [6.45, 7) is 4.00. The fourth-order valence-corrected chi connectivity index (χ4v) is 3.02. The summed E-state index contributed by atoms with van der Waals surface area (Å²) in [5.41, 5.74) is 8.57. The minimum absolute atomic E-state index is 0.295. The number of rotatable bonds is 3. The van der Waals surface area contributed by atoms with E-state index in [1.54, 1.807) is 6.07 Å². The molecule has 1 aromatic heterocycles. The molecule has 0 saturated heterocycles. The maximum atomic E-state index is 12.8.